The van der Waals surface area contributed by atoms with E-state index < -0.39 is 0 Å². The summed E-state index contributed by atoms with van der Waals surface area (Å²) >= 11 is 4.02. The van der Waals surface area contributed by atoms with Crippen molar-refractivity contribution in [1.29, 1.82) is 0 Å². The second kappa shape index (κ2) is 3.68. The fourth-order valence-electron chi connectivity index (χ4n) is 1.06. The van der Waals surface area contributed by atoms with E-state index in [0.717, 1.165) is 17.0 Å². The first-order valence-electron chi connectivity index (χ1n) is 3.81. The second-order valence-electron chi connectivity index (χ2n) is 2.86. The van der Waals surface area contributed by atoms with Crippen molar-refractivity contribution >= 4 is 24.3 Å². The molecule has 12 heavy (non-hydrogen) atoms. The summed E-state index contributed by atoms with van der Waals surface area (Å²) in [7, 11) is 0. The molecule has 1 heterocycles. The van der Waals surface area contributed by atoms with Gasteiger partial charge in [-0.1, -0.05) is 6.58 Å². The molecule has 0 unspecified atom stereocenters. The molecule has 0 amide bonds. The first-order valence-corrected chi connectivity index (χ1v) is 4.33. The van der Waals surface area contributed by atoms with Crippen LogP contribution in [0.1, 0.15) is 23.9 Å². The first-order chi connectivity index (χ1) is 5.65. The van der Waals surface area contributed by atoms with E-state index in [1.807, 2.05) is 19.9 Å². The maximum absolute atomic E-state index is 4.02. The minimum atomic E-state index is 1.05. The number of allylic oxidation sites excluding steroid dienone is 1. The lowest BCUT2D eigenvalue weighted by Crippen LogP contribution is -1.76. The summed E-state index contributed by atoms with van der Waals surface area (Å²) in [5.74, 6) is 0. The molecule has 64 valence electrons. The van der Waals surface area contributed by atoms with Gasteiger partial charge in [-0.05, 0) is 42.5 Å². The number of rotatable bonds is 2. The van der Waals surface area contributed by atoms with Crippen LogP contribution in [-0.4, -0.2) is 4.98 Å². The Morgan fingerprint density at radius 3 is 2.75 bits per heavy atom. The smallest absolute Gasteiger partial charge is 0.0412 e. The summed E-state index contributed by atoms with van der Waals surface area (Å²) in [6.07, 6.45) is 1.96. The maximum atomic E-state index is 4.02. The van der Waals surface area contributed by atoms with Gasteiger partial charge in [0.15, 0.2) is 0 Å². The topological polar surface area (TPSA) is 15.8 Å². The van der Waals surface area contributed by atoms with Crippen molar-refractivity contribution in [3.05, 3.63) is 35.0 Å². The van der Waals surface area contributed by atoms with Crippen molar-refractivity contribution in [1.82, 2.24) is 4.98 Å². The fourth-order valence-corrected chi connectivity index (χ4v) is 1.22. The van der Waals surface area contributed by atoms with Crippen LogP contribution in [0.4, 0.5) is 0 Å². The minimum Gasteiger partial charge on any atom is -0.358 e. The Hall–Kier alpha value is -0.890. The third-order valence-corrected chi connectivity index (χ3v) is 1.92. The maximum Gasteiger partial charge on any atom is 0.0412 e. The van der Waals surface area contributed by atoms with Crippen LogP contribution in [0.5, 0.6) is 0 Å². The van der Waals surface area contributed by atoms with Crippen molar-refractivity contribution in [2.24, 2.45) is 0 Å². The molecule has 0 aromatic carbocycles. The lowest BCUT2D eigenvalue weighted by atomic mass is 10.2. The zero-order chi connectivity index (χ0) is 9.14. The van der Waals surface area contributed by atoms with E-state index in [1.165, 1.54) is 5.56 Å². The summed E-state index contributed by atoms with van der Waals surface area (Å²) in [4.78, 5) is 3.24. The van der Waals surface area contributed by atoms with Gasteiger partial charge in [0.05, 0.1) is 0 Å². The van der Waals surface area contributed by atoms with Crippen LogP contribution < -0.4 is 0 Å². The molecule has 0 bridgehead atoms. The lowest BCUT2D eigenvalue weighted by Gasteiger charge is -1.90. The number of nitrogens with one attached hydrogen (secondary N) is 1. The molecule has 1 aromatic heterocycles. The van der Waals surface area contributed by atoms with Crippen molar-refractivity contribution in [3.8, 4) is 0 Å². The predicted octanol–water partition coefficient (Wildman–Crippen LogP) is 3.26. The highest BCUT2D eigenvalue weighted by Gasteiger charge is 2.00. The summed E-state index contributed by atoms with van der Waals surface area (Å²) in [5.41, 5.74) is 4.46. The number of aryl methyl sites for hydroxylation is 1. The van der Waals surface area contributed by atoms with Gasteiger partial charge in [-0.15, -0.1) is 0 Å². The van der Waals surface area contributed by atoms with Crippen LogP contribution in [-0.2, 0) is 0 Å². The first kappa shape index (κ1) is 9.20. The zero-order valence-corrected chi connectivity index (χ0v) is 8.28. The Labute approximate surface area is 78.6 Å². The Kier molecular flexibility index (Phi) is 2.82. The standard InChI is InChI=1S/C10H13NS/c1-7(2)10-6-9(4-5-12)8(3)11-10/h4-6,11-12H,1H2,2-3H3/b5-4-. The number of hydrogen-bond acceptors (Lipinski definition) is 1. The molecule has 1 aromatic rings. The van der Waals surface area contributed by atoms with Crippen molar-refractivity contribution in [2.75, 3.05) is 0 Å². The molecule has 1 N–H and O–H groups in total. The summed E-state index contributed by atoms with van der Waals surface area (Å²) in [6.45, 7) is 7.89. The molecule has 0 saturated heterocycles. The van der Waals surface area contributed by atoms with Crippen LogP contribution >= 0.6 is 12.6 Å². The van der Waals surface area contributed by atoms with Crippen LogP contribution in [0.3, 0.4) is 0 Å². The van der Waals surface area contributed by atoms with Crippen LogP contribution in [0.2, 0.25) is 0 Å². The Morgan fingerprint density at radius 2 is 2.33 bits per heavy atom. The molecule has 0 aliphatic rings. The number of thiol groups is 1. The van der Waals surface area contributed by atoms with Gasteiger partial charge in [0.1, 0.15) is 0 Å². The van der Waals surface area contributed by atoms with E-state index in [1.54, 1.807) is 5.41 Å². The molecule has 2 heteroatoms. The molecule has 1 rings (SSSR count). The average molecular weight is 179 g/mol. The van der Waals surface area contributed by atoms with Crippen molar-refractivity contribution < 1.29 is 0 Å². The SMILES string of the molecule is C=C(C)c1cc(/C=C\S)c(C)[nH]1. The third kappa shape index (κ3) is 1.83. The van der Waals surface area contributed by atoms with Gasteiger partial charge in [0.25, 0.3) is 0 Å². The van der Waals surface area contributed by atoms with Gasteiger partial charge < -0.3 is 4.98 Å². The predicted molar refractivity (Wildman–Crippen MR) is 58.3 cm³/mol. The number of aromatic amines is 1. The number of aromatic nitrogens is 1. The Morgan fingerprint density at radius 1 is 1.67 bits per heavy atom. The van der Waals surface area contributed by atoms with Gasteiger partial charge in [-0.25, -0.2) is 0 Å². The van der Waals surface area contributed by atoms with Crippen molar-refractivity contribution in [2.45, 2.75) is 13.8 Å². The molecule has 0 aliphatic heterocycles. The highest BCUT2D eigenvalue weighted by Crippen LogP contribution is 2.17. The quantitative estimate of drug-likeness (QED) is 0.648. The largest absolute Gasteiger partial charge is 0.358 e. The van der Waals surface area contributed by atoms with E-state index in [-0.39, 0.29) is 0 Å². The fraction of sp³-hybridized carbons (Fsp3) is 0.200. The van der Waals surface area contributed by atoms with Gasteiger partial charge in [0.2, 0.25) is 0 Å². The zero-order valence-electron chi connectivity index (χ0n) is 7.39. The van der Waals surface area contributed by atoms with E-state index >= 15 is 0 Å². The van der Waals surface area contributed by atoms with Crippen molar-refractivity contribution in [3.63, 3.8) is 0 Å². The number of H-pyrrole nitrogens is 1. The van der Waals surface area contributed by atoms with E-state index in [4.69, 9.17) is 0 Å². The normalized spacial score (nSPS) is 10.9. The molecule has 0 fully saturated rings. The lowest BCUT2D eigenvalue weighted by molar-refractivity contribution is 1.23. The highest BCUT2D eigenvalue weighted by atomic mass is 32.1. The highest BCUT2D eigenvalue weighted by molar-refractivity contribution is 7.83. The Bertz CT molecular complexity index is 321. The average Bonchev–Trinajstić information content (AvgIpc) is 2.34. The molecule has 0 radical (unpaired) electrons. The van der Waals surface area contributed by atoms with Gasteiger partial charge in [-0.3, -0.25) is 0 Å². The number of hydrogen-bond donors (Lipinski definition) is 2. The molecular formula is C10H13NS. The summed E-state index contributed by atoms with van der Waals surface area (Å²) in [5, 5.41) is 1.73. The van der Waals surface area contributed by atoms with E-state index in [0.29, 0.717) is 0 Å². The molecular weight excluding hydrogens is 166 g/mol. The summed E-state index contributed by atoms with van der Waals surface area (Å²) < 4.78 is 0. The van der Waals surface area contributed by atoms with Gasteiger partial charge in [0, 0.05) is 11.4 Å². The second-order valence-corrected chi connectivity index (χ2v) is 3.16. The molecule has 0 spiro atoms. The van der Waals surface area contributed by atoms with Gasteiger partial charge >= 0.3 is 0 Å². The minimum absolute atomic E-state index is 1.05. The van der Waals surface area contributed by atoms with Crippen LogP contribution in [0, 0.1) is 6.92 Å². The summed E-state index contributed by atoms with van der Waals surface area (Å²) in [6, 6.07) is 2.07. The molecule has 0 atom stereocenters. The molecule has 1 nitrogen and oxygen atoms in total. The van der Waals surface area contributed by atoms with Crippen LogP contribution in [0.15, 0.2) is 18.1 Å². The molecule has 0 saturated carbocycles. The monoisotopic (exact) mass is 179 g/mol. The Balaban J connectivity index is 3.08. The van der Waals surface area contributed by atoms with E-state index in [2.05, 4.69) is 30.3 Å². The van der Waals surface area contributed by atoms with Crippen LogP contribution in [0.25, 0.3) is 11.6 Å². The molecule has 0 aliphatic carbocycles. The van der Waals surface area contributed by atoms with E-state index in [9.17, 15) is 0 Å². The van der Waals surface area contributed by atoms with Gasteiger partial charge in [-0.2, -0.15) is 12.6 Å². The third-order valence-electron chi connectivity index (χ3n) is 1.77.